The van der Waals surface area contributed by atoms with E-state index >= 15 is 0 Å². The van der Waals surface area contributed by atoms with Gasteiger partial charge in [-0.05, 0) is 36.6 Å². The van der Waals surface area contributed by atoms with Crippen molar-refractivity contribution in [3.63, 3.8) is 0 Å². The first kappa shape index (κ1) is 14.7. The van der Waals surface area contributed by atoms with Crippen molar-refractivity contribution >= 4 is 23.2 Å². The van der Waals surface area contributed by atoms with Crippen molar-refractivity contribution in [2.75, 3.05) is 11.4 Å². The number of furan rings is 1. The molecule has 0 atom stereocenters. The van der Waals surface area contributed by atoms with E-state index in [0.29, 0.717) is 12.5 Å². The first-order chi connectivity index (χ1) is 9.51. The summed E-state index contributed by atoms with van der Waals surface area (Å²) in [6, 6.07) is 3.15. The number of aryl methyl sites for hydroxylation is 1. The monoisotopic (exact) mass is 295 g/mol. The molecule has 2 aromatic heterocycles. The minimum atomic E-state index is -0.207. The summed E-state index contributed by atoms with van der Waals surface area (Å²) in [7, 11) is 0. The highest BCUT2D eigenvalue weighted by Crippen LogP contribution is 2.21. The van der Waals surface area contributed by atoms with Gasteiger partial charge in [0.05, 0.1) is 11.9 Å². The van der Waals surface area contributed by atoms with Crippen LogP contribution in [-0.4, -0.2) is 22.2 Å². The zero-order valence-corrected chi connectivity index (χ0v) is 12.6. The van der Waals surface area contributed by atoms with Crippen molar-refractivity contribution in [2.45, 2.75) is 27.3 Å². The Morgan fingerprint density at radius 3 is 2.75 bits per heavy atom. The number of halogens is 1. The van der Waals surface area contributed by atoms with E-state index in [9.17, 15) is 4.79 Å². The Labute approximate surface area is 123 Å². The van der Waals surface area contributed by atoms with Crippen molar-refractivity contribution in [3.05, 3.63) is 35.5 Å². The fourth-order valence-corrected chi connectivity index (χ4v) is 2.04. The number of hydrogen-bond donors (Lipinski definition) is 0. The summed E-state index contributed by atoms with van der Waals surface area (Å²) < 4.78 is 6.99. The summed E-state index contributed by atoms with van der Waals surface area (Å²) in [5.74, 6) is 0.357. The van der Waals surface area contributed by atoms with Crippen LogP contribution >= 0.6 is 11.6 Å². The molecule has 0 fully saturated rings. The van der Waals surface area contributed by atoms with Crippen LogP contribution in [0.3, 0.4) is 0 Å². The topological polar surface area (TPSA) is 51.3 Å². The highest BCUT2D eigenvalue weighted by atomic mass is 35.5. The van der Waals surface area contributed by atoms with Gasteiger partial charge in [0.1, 0.15) is 0 Å². The summed E-state index contributed by atoms with van der Waals surface area (Å²) in [6.07, 6.45) is 3.54. The Kier molecular flexibility index (Phi) is 4.49. The number of anilines is 1. The van der Waals surface area contributed by atoms with Gasteiger partial charge in [-0.3, -0.25) is 9.48 Å². The lowest BCUT2D eigenvalue weighted by molar-refractivity contribution is 0.0957. The van der Waals surface area contributed by atoms with Crippen LogP contribution in [0.25, 0.3) is 0 Å². The summed E-state index contributed by atoms with van der Waals surface area (Å²) in [5.41, 5.74) is 0.762. The second kappa shape index (κ2) is 6.13. The highest BCUT2D eigenvalue weighted by molar-refractivity contribution is 6.29. The van der Waals surface area contributed by atoms with E-state index in [1.165, 1.54) is 0 Å². The zero-order chi connectivity index (χ0) is 14.7. The van der Waals surface area contributed by atoms with E-state index in [0.717, 1.165) is 12.2 Å². The number of carbonyl (C=O) groups is 1. The molecule has 0 aliphatic carbocycles. The van der Waals surface area contributed by atoms with Gasteiger partial charge < -0.3 is 9.32 Å². The fourth-order valence-electron chi connectivity index (χ4n) is 1.90. The first-order valence-corrected chi connectivity index (χ1v) is 6.98. The average molecular weight is 296 g/mol. The number of rotatable bonds is 5. The molecule has 0 aliphatic heterocycles. The van der Waals surface area contributed by atoms with Crippen molar-refractivity contribution in [1.82, 2.24) is 9.78 Å². The van der Waals surface area contributed by atoms with E-state index in [1.54, 1.807) is 27.9 Å². The molecule has 0 unspecified atom stereocenters. The number of nitrogens with zero attached hydrogens (tertiary/aromatic N) is 3. The van der Waals surface area contributed by atoms with Crippen LogP contribution in [-0.2, 0) is 6.54 Å². The molecule has 2 aromatic rings. The quantitative estimate of drug-likeness (QED) is 0.849. The Balaban J connectivity index is 2.29. The molecule has 0 saturated carbocycles. The third-order valence-corrected chi connectivity index (χ3v) is 3.04. The van der Waals surface area contributed by atoms with Gasteiger partial charge in [-0.2, -0.15) is 5.10 Å². The SMILES string of the molecule is CCn1cc(N(CC(C)C)C(=O)c2ccc(Cl)o2)cn1. The third kappa shape index (κ3) is 3.22. The van der Waals surface area contributed by atoms with Gasteiger partial charge in [0.15, 0.2) is 11.0 Å². The smallest absolute Gasteiger partial charge is 0.294 e. The predicted molar refractivity (Wildman–Crippen MR) is 78.1 cm³/mol. The second-order valence-corrected chi connectivity index (χ2v) is 5.34. The number of carbonyl (C=O) groups excluding carboxylic acids is 1. The summed E-state index contributed by atoms with van der Waals surface area (Å²) >= 11 is 5.73. The second-order valence-electron chi connectivity index (χ2n) is 4.97. The van der Waals surface area contributed by atoms with Crippen molar-refractivity contribution in [2.24, 2.45) is 5.92 Å². The molecule has 20 heavy (non-hydrogen) atoms. The molecular formula is C14H18ClN3O2. The third-order valence-electron chi connectivity index (χ3n) is 2.83. The van der Waals surface area contributed by atoms with Crippen LogP contribution in [0.4, 0.5) is 5.69 Å². The van der Waals surface area contributed by atoms with Gasteiger partial charge in [-0.25, -0.2) is 0 Å². The average Bonchev–Trinajstić information content (AvgIpc) is 3.03. The molecule has 0 N–H and O–H groups in total. The minimum Gasteiger partial charge on any atom is -0.440 e. The maximum Gasteiger partial charge on any atom is 0.294 e. The Bertz CT molecular complexity index is 589. The Hall–Kier alpha value is -1.75. The maximum atomic E-state index is 12.5. The lowest BCUT2D eigenvalue weighted by Crippen LogP contribution is -2.33. The lowest BCUT2D eigenvalue weighted by Gasteiger charge is -2.21. The fraction of sp³-hybridized carbons (Fsp3) is 0.429. The van der Waals surface area contributed by atoms with Gasteiger partial charge in [0.25, 0.3) is 5.91 Å². The molecule has 0 aliphatic rings. The van der Waals surface area contributed by atoms with Gasteiger partial charge in [-0.1, -0.05) is 13.8 Å². The van der Waals surface area contributed by atoms with Crippen LogP contribution < -0.4 is 4.90 Å². The standard InChI is InChI=1S/C14H18ClN3O2/c1-4-17-9-11(7-16-17)18(8-10(2)3)14(19)12-5-6-13(15)20-12/h5-7,9-10H,4,8H2,1-3H3. The molecule has 0 radical (unpaired) electrons. The molecule has 2 rings (SSSR count). The van der Waals surface area contributed by atoms with E-state index in [4.69, 9.17) is 16.0 Å². The molecule has 108 valence electrons. The van der Waals surface area contributed by atoms with Crippen LogP contribution in [0, 0.1) is 5.92 Å². The summed E-state index contributed by atoms with van der Waals surface area (Å²) in [5, 5.41) is 4.42. The highest BCUT2D eigenvalue weighted by Gasteiger charge is 2.22. The minimum absolute atomic E-state index is 0.207. The summed E-state index contributed by atoms with van der Waals surface area (Å²) in [4.78, 5) is 14.2. The molecule has 0 bridgehead atoms. The summed E-state index contributed by atoms with van der Waals surface area (Å²) in [6.45, 7) is 7.46. The Morgan fingerprint density at radius 1 is 1.50 bits per heavy atom. The molecule has 0 saturated heterocycles. The number of aromatic nitrogens is 2. The van der Waals surface area contributed by atoms with Crippen LogP contribution in [0.1, 0.15) is 31.3 Å². The number of hydrogen-bond acceptors (Lipinski definition) is 3. The van der Waals surface area contributed by atoms with Gasteiger partial charge in [0.2, 0.25) is 0 Å². The van der Waals surface area contributed by atoms with Crippen LogP contribution in [0.5, 0.6) is 0 Å². The van der Waals surface area contributed by atoms with Crippen LogP contribution in [0.15, 0.2) is 28.9 Å². The molecule has 6 heteroatoms. The Morgan fingerprint density at radius 2 is 2.25 bits per heavy atom. The molecule has 5 nitrogen and oxygen atoms in total. The zero-order valence-electron chi connectivity index (χ0n) is 11.8. The first-order valence-electron chi connectivity index (χ1n) is 6.61. The van der Waals surface area contributed by atoms with Crippen molar-refractivity contribution in [1.29, 1.82) is 0 Å². The molecule has 0 aromatic carbocycles. The van der Waals surface area contributed by atoms with Crippen LogP contribution in [0.2, 0.25) is 5.22 Å². The van der Waals surface area contributed by atoms with E-state index in [-0.39, 0.29) is 16.9 Å². The molecular weight excluding hydrogens is 278 g/mol. The van der Waals surface area contributed by atoms with Gasteiger partial charge in [0, 0.05) is 19.3 Å². The lowest BCUT2D eigenvalue weighted by atomic mass is 10.2. The van der Waals surface area contributed by atoms with Crippen molar-refractivity contribution < 1.29 is 9.21 Å². The van der Waals surface area contributed by atoms with E-state index in [1.807, 2.05) is 13.1 Å². The van der Waals surface area contributed by atoms with Gasteiger partial charge in [-0.15, -0.1) is 0 Å². The molecule has 1 amide bonds. The van der Waals surface area contributed by atoms with Crippen molar-refractivity contribution in [3.8, 4) is 0 Å². The van der Waals surface area contributed by atoms with Gasteiger partial charge >= 0.3 is 0 Å². The molecule has 0 spiro atoms. The largest absolute Gasteiger partial charge is 0.440 e. The van der Waals surface area contributed by atoms with E-state index in [2.05, 4.69) is 18.9 Å². The molecule has 2 heterocycles. The predicted octanol–water partition coefficient (Wildman–Crippen LogP) is 3.45. The number of amides is 1. The van der Waals surface area contributed by atoms with E-state index < -0.39 is 0 Å². The normalized spacial score (nSPS) is 11.1. The maximum absolute atomic E-state index is 12.5.